The van der Waals surface area contributed by atoms with Crippen LogP contribution < -0.4 is 5.32 Å². The Balaban J connectivity index is 1.90. The van der Waals surface area contributed by atoms with Gasteiger partial charge in [0, 0.05) is 6.04 Å². The van der Waals surface area contributed by atoms with E-state index >= 15 is 0 Å². The zero-order valence-corrected chi connectivity index (χ0v) is 9.99. The molecular weight excluding hydrogens is 206 g/mol. The standard InChI is InChI=1S/C12H19NO3/c1-4-6-5-7(6)13-10(14)8-9(11(15)16)12(8,2)3/h6-9H,4-5H2,1-3H3,(H,13,14)(H,15,16)/t6?,7?,8-,9+/m1/s1. The average molecular weight is 225 g/mol. The molecule has 2 rings (SSSR count). The first kappa shape index (κ1) is 11.4. The highest BCUT2D eigenvalue weighted by atomic mass is 16.4. The van der Waals surface area contributed by atoms with Crippen LogP contribution >= 0.6 is 0 Å². The maximum Gasteiger partial charge on any atom is 0.307 e. The monoisotopic (exact) mass is 225 g/mol. The molecule has 0 aliphatic heterocycles. The summed E-state index contributed by atoms with van der Waals surface area (Å²) in [5, 5.41) is 11.9. The third-order valence-electron chi connectivity index (χ3n) is 4.15. The van der Waals surface area contributed by atoms with E-state index in [4.69, 9.17) is 5.11 Å². The quantitative estimate of drug-likeness (QED) is 0.757. The summed E-state index contributed by atoms with van der Waals surface area (Å²) in [6, 6.07) is 0.295. The Bertz CT molecular complexity index is 337. The first-order chi connectivity index (χ1) is 7.39. The molecule has 0 aromatic carbocycles. The Kier molecular flexibility index (Phi) is 2.48. The fourth-order valence-electron chi connectivity index (χ4n) is 2.74. The second-order valence-corrected chi connectivity index (χ2v) is 5.63. The minimum absolute atomic E-state index is 0.0710. The number of hydrogen-bond acceptors (Lipinski definition) is 2. The van der Waals surface area contributed by atoms with Gasteiger partial charge < -0.3 is 10.4 Å². The predicted octanol–water partition coefficient (Wildman–Crippen LogP) is 1.26. The number of carboxylic acids is 1. The molecule has 2 aliphatic rings. The minimum Gasteiger partial charge on any atom is -0.481 e. The minimum atomic E-state index is -0.854. The van der Waals surface area contributed by atoms with Crippen molar-refractivity contribution in [2.75, 3.05) is 0 Å². The van der Waals surface area contributed by atoms with Crippen LogP contribution in [-0.4, -0.2) is 23.0 Å². The molecule has 4 heteroatoms. The first-order valence-electron chi connectivity index (χ1n) is 5.92. The fourth-order valence-corrected chi connectivity index (χ4v) is 2.74. The molecule has 4 nitrogen and oxygen atoms in total. The number of rotatable bonds is 4. The Morgan fingerprint density at radius 3 is 2.38 bits per heavy atom. The van der Waals surface area contributed by atoms with Gasteiger partial charge in [0.05, 0.1) is 11.8 Å². The first-order valence-corrected chi connectivity index (χ1v) is 5.92. The van der Waals surface area contributed by atoms with Gasteiger partial charge in [-0.25, -0.2) is 0 Å². The molecule has 2 unspecified atom stereocenters. The van der Waals surface area contributed by atoms with Crippen molar-refractivity contribution < 1.29 is 14.7 Å². The molecule has 0 heterocycles. The predicted molar refractivity (Wildman–Crippen MR) is 58.7 cm³/mol. The van der Waals surface area contributed by atoms with E-state index in [2.05, 4.69) is 12.2 Å². The van der Waals surface area contributed by atoms with Crippen LogP contribution in [-0.2, 0) is 9.59 Å². The number of carbonyl (C=O) groups is 2. The molecule has 2 aliphatic carbocycles. The van der Waals surface area contributed by atoms with Crippen LogP contribution in [0.25, 0.3) is 0 Å². The number of hydrogen-bond donors (Lipinski definition) is 2. The second-order valence-electron chi connectivity index (χ2n) is 5.63. The number of aliphatic carboxylic acids is 1. The summed E-state index contributed by atoms with van der Waals surface area (Å²) in [5.74, 6) is -1.17. The van der Waals surface area contributed by atoms with Crippen LogP contribution in [0.4, 0.5) is 0 Å². The normalized spacial score (nSPS) is 38.9. The molecule has 0 aromatic rings. The van der Waals surface area contributed by atoms with Gasteiger partial charge in [-0.1, -0.05) is 27.2 Å². The Hall–Kier alpha value is -1.06. The summed E-state index contributed by atoms with van der Waals surface area (Å²) in [4.78, 5) is 22.8. The van der Waals surface area contributed by atoms with E-state index in [1.807, 2.05) is 13.8 Å². The summed E-state index contributed by atoms with van der Waals surface area (Å²) in [5.41, 5.74) is -0.382. The van der Waals surface area contributed by atoms with E-state index < -0.39 is 11.9 Å². The van der Waals surface area contributed by atoms with E-state index in [1.165, 1.54) is 0 Å². The fraction of sp³-hybridized carbons (Fsp3) is 0.833. The third kappa shape index (κ3) is 1.70. The van der Waals surface area contributed by atoms with Crippen LogP contribution in [0.2, 0.25) is 0 Å². The molecule has 1 amide bonds. The van der Waals surface area contributed by atoms with Gasteiger partial charge >= 0.3 is 5.97 Å². The smallest absolute Gasteiger partial charge is 0.307 e. The number of nitrogens with one attached hydrogen (secondary N) is 1. The van der Waals surface area contributed by atoms with Crippen LogP contribution in [0.15, 0.2) is 0 Å². The molecule has 0 aromatic heterocycles. The van der Waals surface area contributed by atoms with Crippen LogP contribution in [0.5, 0.6) is 0 Å². The van der Waals surface area contributed by atoms with Crippen molar-refractivity contribution in [3.05, 3.63) is 0 Å². The summed E-state index contributed by atoms with van der Waals surface area (Å²) in [6.45, 7) is 5.80. The summed E-state index contributed by atoms with van der Waals surface area (Å²) in [7, 11) is 0. The van der Waals surface area contributed by atoms with E-state index in [0.29, 0.717) is 12.0 Å². The highest BCUT2D eigenvalue weighted by Crippen LogP contribution is 2.58. The highest BCUT2D eigenvalue weighted by molar-refractivity contribution is 5.91. The van der Waals surface area contributed by atoms with Crippen molar-refractivity contribution in [1.82, 2.24) is 5.32 Å². The lowest BCUT2D eigenvalue weighted by Crippen LogP contribution is -2.30. The molecule has 0 bridgehead atoms. The lowest BCUT2D eigenvalue weighted by Gasteiger charge is -2.04. The molecule has 2 saturated carbocycles. The summed E-state index contributed by atoms with van der Waals surface area (Å²) < 4.78 is 0. The van der Waals surface area contributed by atoms with Crippen LogP contribution in [0, 0.1) is 23.2 Å². The van der Waals surface area contributed by atoms with E-state index in [-0.39, 0.29) is 17.2 Å². The molecule has 2 N–H and O–H groups in total. The van der Waals surface area contributed by atoms with Gasteiger partial charge in [-0.05, 0) is 17.8 Å². The van der Waals surface area contributed by atoms with Crippen molar-refractivity contribution in [2.45, 2.75) is 39.7 Å². The zero-order chi connectivity index (χ0) is 12.1. The van der Waals surface area contributed by atoms with Gasteiger partial charge in [0.2, 0.25) is 5.91 Å². The molecule has 2 fully saturated rings. The largest absolute Gasteiger partial charge is 0.481 e. The topological polar surface area (TPSA) is 66.4 Å². The molecule has 16 heavy (non-hydrogen) atoms. The molecule has 0 radical (unpaired) electrons. The SMILES string of the molecule is CCC1CC1NC(=O)[C@H]1[C@@H](C(=O)O)C1(C)C. The van der Waals surface area contributed by atoms with Gasteiger partial charge in [-0.3, -0.25) is 9.59 Å². The van der Waals surface area contributed by atoms with Gasteiger partial charge in [-0.15, -0.1) is 0 Å². The second kappa shape index (κ2) is 3.47. The third-order valence-corrected chi connectivity index (χ3v) is 4.15. The number of carbonyl (C=O) groups excluding carboxylic acids is 1. The van der Waals surface area contributed by atoms with Gasteiger partial charge in [0.25, 0.3) is 0 Å². The van der Waals surface area contributed by atoms with Gasteiger partial charge in [0.1, 0.15) is 0 Å². The molecule has 4 atom stereocenters. The summed E-state index contributed by atoms with van der Waals surface area (Å²) in [6.07, 6.45) is 2.13. The average Bonchev–Trinajstić information content (AvgIpc) is 3.01. The lowest BCUT2D eigenvalue weighted by atomic mass is 10.1. The highest BCUT2D eigenvalue weighted by Gasteiger charge is 2.66. The van der Waals surface area contributed by atoms with Crippen molar-refractivity contribution in [1.29, 1.82) is 0 Å². The van der Waals surface area contributed by atoms with E-state index in [9.17, 15) is 9.59 Å². The molecule has 0 spiro atoms. The zero-order valence-electron chi connectivity index (χ0n) is 9.99. The van der Waals surface area contributed by atoms with Gasteiger partial charge in [0.15, 0.2) is 0 Å². The summed E-state index contributed by atoms with van der Waals surface area (Å²) >= 11 is 0. The maximum atomic E-state index is 11.9. The maximum absolute atomic E-state index is 11.9. The Labute approximate surface area is 95.4 Å². The molecular formula is C12H19NO3. The van der Waals surface area contributed by atoms with E-state index in [1.54, 1.807) is 0 Å². The van der Waals surface area contributed by atoms with Crippen LogP contribution in [0.3, 0.4) is 0 Å². The molecule has 90 valence electrons. The molecule has 0 saturated heterocycles. The van der Waals surface area contributed by atoms with E-state index in [0.717, 1.165) is 12.8 Å². The van der Waals surface area contributed by atoms with Crippen molar-refractivity contribution in [3.63, 3.8) is 0 Å². The Morgan fingerprint density at radius 1 is 1.38 bits per heavy atom. The van der Waals surface area contributed by atoms with Crippen molar-refractivity contribution in [2.24, 2.45) is 23.2 Å². The Morgan fingerprint density at radius 2 is 2.00 bits per heavy atom. The van der Waals surface area contributed by atoms with Gasteiger partial charge in [-0.2, -0.15) is 0 Å². The number of amides is 1. The number of carboxylic acid groups (broad SMARTS) is 1. The van der Waals surface area contributed by atoms with Crippen molar-refractivity contribution >= 4 is 11.9 Å². The lowest BCUT2D eigenvalue weighted by molar-refractivity contribution is -0.140. The van der Waals surface area contributed by atoms with Crippen molar-refractivity contribution in [3.8, 4) is 0 Å². The van der Waals surface area contributed by atoms with Crippen LogP contribution in [0.1, 0.15) is 33.6 Å².